The lowest BCUT2D eigenvalue weighted by molar-refractivity contribution is -0.155. The van der Waals surface area contributed by atoms with Crippen LogP contribution in [0.1, 0.15) is 38.8 Å². The number of amides is 2. The number of nitrogens with zero attached hydrogens (tertiary/aromatic N) is 1. The summed E-state index contributed by atoms with van der Waals surface area (Å²) in [7, 11) is 1.59. The van der Waals surface area contributed by atoms with Crippen LogP contribution in [0.2, 0.25) is 0 Å². The predicted molar refractivity (Wildman–Crippen MR) is 104 cm³/mol. The third kappa shape index (κ3) is 4.22. The van der Waals surface area contributed by atoms with E-state index in [0.717, 1.165) is 5.56 Å². The van der Waals surface area contributed by atoms with E-state index in [0.29, 0.717) is 17.1 Å². The summed E-state index contributed by atoms with van der Waals surface area (Å²) < 4.78 is 10.7. The van der Waals surface area contributed by atoms with E-state index >= 15 is 0 Å². The molecule has 6 nitrogen and oxygen atoms in total. The highest BCUT2D eigenvalue weighted by molar-refractivity contribution is 6.05. The number of rotatable bonds is 4. The lowest BCUT2D eigenvalue weighted by Crippen LogP contribution is -2.43. The number of nitrogens with one attached hydrogen (secondary N) is 1. The van der Waals surface area contributed by atoms with Crippen LogP contribution in [0.3, 0.4) is 0 Å². The number of hydrogen-bond acceptors (Lipinski definition) is 4. The summed E-state index contributed by atoms with van der Waals surface area (Å²) in [6.45, 7) is 5.48. The van der Waals surface area contributed by atoms with Crippen LogP contribution in [-0.2, 0) is 9.53 Å². The molecule has 0 saturated heterocycles. The van der Waals surface area contributed by atoms with Gasteiger partial charge in [0.25, 0.3) is 0 Å². The highest BCUT2D eigenvalue weighted by Gasteiger charge is 2.35. The Labute approximate surface area is 159 Å². The number of ether oxygens (including phenoxy) is 2. The highest BCUT2D eigenvalue weighted by atomic mass is 16.6. The normalized spacial score (nSPS) is 16.4. The quantitative estimate of drug-likeness (QED) is 0.806. The predicted octanol–water partition coefficient (Wildman–Crippen LogP) is 4.52. The molecule has 1 aliphatic heterocycles. The molecule has 142 valence electrons. The molecule has 27 heavy (non-hydrogen) atoms. The Kier molecular flexibility index (Phi) is 5.08. The van der Waals surface area contributed by atoms with Gasteiger partial charge in [-0.15, -0.1) is 0 Å². The maximum Gasteiger partial charge on any atom is 0.326 e. The fraction of sp³-hybridized carbons (Fsp3) is 0.333. The molecule has 2 aromatic rings. The Morgan fingerprint density at radius 2 is 1.78 bits per heavy atom. The molecule has 2 aromatic carbocycles. The lowest BCUT2D eigenvalue weighted by Gasteiger charge is -2.37. The summed E-state index contributed by atoms with van der Waals surface area (Å²) >= 11 is 0. The van der Waals surface area contributed by atoms with E-state index in [9.17, 15) is 9.59 Å². The SMILES string of the molecule is COc1ccc(N2C(=O)Nc3ccccc3C2CC(=O)OC(C)(C)C)cc1. The number of esters is 1. The third-order valence-corrected chi connectivity index (χ3v) is 4.22. The van der Waals surface area contributed by atoms with Crippen LogP contribution < -0.4 is 15.0 Å². The summed E-state index contributed by atoms with van der Waals surface area (Å²) in [4.78, 5) is 26.9. The molecular weight excluding hydrogens is 344 g/mol. The fourth-order valence-electron chi connectivity index (χ4n) is 3.14. The Morgan fingerprint density at radius 3 is 2.41 bits per heavy atom. The van der Waals surface area contributed by atoms with Crippen molar-refractivity contribution in [3.63, 3.8) is 0 Å². The molecule has 0 saturated carbocycles. The average molecular weight is 368 g/mol. The van der Waals surface area contributed by atoms with Gasteiger partial charge in [-0.05, 0) is 56.7 Å². The van der Waals surface area contributed by atoms with E-state index in [1.165, 1.54) is 0 Å². The number of hydrogen-bond donors (Lipinski definition) is 1. The first-order valence-corrected chi connectivity index (χ1v) is 8.83. The number of urea groups is 1. The number of carbonyl (C=O) groups is 2. The number of carbonyl (C=O) groups excluding carboxylic acids is 2. The molecule has 2 amide bonds. The zero-order valence-electron chi connectivity index (χ0n) is 16.0. The largest absolute Gasteiger partial charge is 0.497 e. The second-order valence-corrected chi connectivity index (χ2v) is 7.39. The molecule has 6 heteroatoms. The molecular formula is C21H24N2O4. The van der Waals surface area contributed by atoms with Gasteiger partial charge in [-0.25, -0.2) is 4.79 Å². The molecule has 0 aromatic heterocycles. The molecule has 1 heterocycles. The Hall–Kier alpha value is -3.02. The highest BCUT2D eigenvalue weighted by Crippen LogP contribution is 2.39. The maximum absolute atomic E-state index is 12.8. The molecule has 1 aliphatic rings. The van der Waals surface area contributed by atoms with Crippen molar-refractivity contribution < 1.29 is 19.1 Å². The topological polar surface area (TPSA) is 67.9 Å². The summed E-state index contributed by atoms with van der Waals surface area (Å²) in [5.41, 5.74) is 1.68. The van der Waals surface area contributed by atoms with E-state index in [1.807, 2.05) is 45.0 Å². The van der Waals surface area contributed by atoms with Gasteiger partial charge in [0, 0.05) is 11.4 Å². The number of para-hydroxylation sites is 1. The Bertz CT molecular complexity index is 840. The lowest BCUT2D eigenvalue weighted by atomic mass is 9.97. The molecule has 0 aliphatic carbocycles. The van der Waals surface area contributed by atoms with Crippen LogP contribution in [-0.4, -0.2) is 24.7 Å². The Morgan fingerprint density at radius 1 is 1.11 bits per heavy atom. The number of benzene rings is 2. The van der Waals surface area contributed by atoms with Crippen molar-refractivity contribution >= 4 is 23.4 Å². The van der Waals surface area contributed by atoms with E-state index in [1.54, 1.807) is 36.3 Å². The number of anilines is 2. The minimum atomic E-state index is -0.585. The van der Waals surface area contributed by atoms with Gasteiger partial charge in [0.2, 0.25) is 0 Å². The van der Waals surface area contributed by atoms with Crippen molar-refractivity contribution in [2.45, 2.75) is 38.8 Å². The van der Waals surface area contributed by atoms with Gasteiger partial charge >= 0.3 is 12.0 Å². The van der Waals surface area contributed by atoms with Crippen molar-refractivity contribution in [3.05, 3.63) is 54.1 Å². The summed E-state index contributed by atoms with van der Waals surface area (Å²) in [6, 6.07) is 13.9. The van der Waals surface area contributed by atoms with Gasteiger partial charge < -0.3 is 14.8 Å². The molecule has 0 bridgehead atoms. The van der Waals surface area contributed by atoms with Crippen LogP contribution in [0.25, 0.3) is 0 Å². The first kappa shape index (κ1) is 18.8. The van der Waals surface area contributed by atoms with E-state index < -0.39 is 11.6 Å². The molecule has 0 radical (unpaired) electrons. The van der Waals surface area contributed by atoms with Crippen LogP contribution >= 0.6 is 0 Å². The first-order chi connectivity index (χ1) is 12.8. The van der Waals surface area contributed by atoms with Gasteiger partial charge in [-0.2, -0.15) is 0 Å². The van der Waals surface area contributed by atoms with Crippen molar-refractivity contribution in [3.8, 4) is 5.75 Å². The monoisotopic (exact) mass is 368 g/mol. The fourth-order valence-corrected chi connectivity index (χ4v) is 3.14. The van der Waals surface area contributed by atoms with Gasteiger partial charge in [-0.1, -0.05) is 18.2 Å². The van der Waals surface area contributed by atoms with Gasteiger partial charge in [0.15, 0.2) is 0 Å². The summed E-state index contributed by atoms with van der Waals surface area (Å²) in [6.07, 6.45) is 0.0632. The minimum absolute atomic E-state index is 0.0632. The molecule has 3 rings (SSSR count). The second kappa shape index (κ2) is 7.31. The number of fused-ring (bicyclic) bond motifs is 1. The third-order valence-electron chi connectivity index (χ3n) is 4.22. The van der Waals surface area contributed by atoms with Gasteiger partial charge in [-0.3, -0.25) is 9.69 Å². The zero-order valence-corrected chi connectivity index (χ0v) is 16.0. The van der Waals surface area contributed by atoms with Gasteiger partial charge in [0.05, 0.1) is 19.6 Å². The summed E-state index contributed by atoms with van der Waals surface area (Å²) in [5.74, 6) is 0.343. The van der Waals surface area contributed by atoms with E-state index in [2.05, 4.69) is 5.32 Å². The van der Waals surface area contributed by atoms with E-state index in [4.69, 9.17) is 9.47 Å². The maximum atomic E-state index is 12.8. The molecule has 1 unspecified atom stereocenters. The van der Waals surface area contributed by atoms with Crippen LogP contribution in [0, 0.1) is 0 Å². The number of methoxy groups -OCH3 is 1. The van der Waals surface area contributed by atoms with Crippen molar-refractivity contribution in [2.75, 3.05) is 17.3 Å². The van der Waals surface area contributed by atoms with E-state index in [-0.39, 0.29) is 18.4 Å². The van der Waals surface area contributed by atoms with Crippen molar-refractivity contribution in [1.29, 1.82) is 0 Å². The molecule has 1 atom stereocenters. The standard InChI is InChI=1S/C21H24N2O4/c1-21(2,3)27-19(24)13-18-16-7-5-6-8-17(16)22-20(25)23(18)14-9-11-15(26-4)12-10-14/h5-12,18H,13H2,1-4H3,(H,22,25). The van der Waals surface area contributed by atoms with Crippen LogP contribution in [0.5, 0.6) is 5.75 Å². The summed E-state index contributed by atoms with van der Waals surface area (Å²) in [5, 5.41) is 2.89. The minimum Gasteiger partial charge on any atom is -0.497 e. The van der Waals surface area contributed by atoms with Gasteiger partial charge in [0.1, 0.15) is 11.4 Å². The smallest absolute Gasteiger partial charge is 0.326 e. The molecule has 0 fully saturated rings. The second-order valence-electron chi connectivity index (χ2n) is 7.39. The van der Waals surface area contributed by atoms with Crippen LogP contribution in [0.4, 0.5) is 16.2 Å². The molecule has 1 N–H and O–H groups in total. The Balaban J connectivity index is 1.98. The zero-order chi connectivity index (χ0) is 19.6. The van der Waals surface area contributed by atoms with Crippen LogP contribution in [0.15, 0.2) is 48.5 Å². The first-order valence-electron chi connectivity index (χ1n) is 8.83. The molecule has 0 spiro atoms. The average Bonchev–Trinajstić information content (AvgIpc) is 2.60. The van der Waals surface area contributed by atoms with Crippen molar-refractivity contribution in [1.82, 2.24) is 0 Å². The van der Waals surface area contributed by atoms with Crippen molar-refractivity contribution in [2.24, 2.45) is 0 Å².